The van der Waals surface area contributed by atoms with Crippen molar-refractivity contribution in [3.63, 3.8) is 0 Å². The molecule has 1 aliphatic heterocycles. The van der Waals surface area contributed by atoms with E-state index in [0.717, 1.165) is 32.7 Å². The van der Waals surface area contributed by atoms with Crippen molar-refractivity contribution in [3.05, 3.63) is 40.3 Å². The molecule has 3 rings (SSSR count). The van der Waals surface area contributed by atoms with Gasteiger partial charge >= 0.3 is 0 Å². The minimum Gasteiger partial charge on any atom is -0.397 e. The molecular formula is C14H18N4OS. The topological polar surface area (TPSA) is 65.4 Å². The van der Waals surface area contributed by atoms with E-state index in [-0.39, 0.29) is 5.91 Å². The number of carbonyl (C=O) groups is 1. The lowest BCUT2D eigenvalue weighted by atomic mass is 10.2. The molecule has 1 amide bonds. The maximum atomic E-state index is 12.3. The van der Waals surface area contributed by atoms with Gasteiger partial charge in [-0.1, -0.05) is 6.07 Å². The Morgan fingerprint density at radius 1 is 1.35 bits per heavy atom. The molecule has 0 bridgehead atoms. The van der Waals surface area contributed by atoms with E-state index in [4.69, 9.17) is 5.73 Å². The van der Waals surface area contributed by atoms with Crippen molar-refractivity contribution in [2.45, 2.75) is 6.54 Å². The van der Waals surface area contributed by atoms with E-state index in [9.17, 15) is 4.79 Å². The minimum atomic E-state index is 0.0393. The number of carbonyl (C=O) groups excluding carboxylic acids is 1. The largest absolute Gasteiger partial charge is 0.397 e. The van der Waals surface area contributed by atoms with Crippen molar-refractivity contribution in [3.8, 4) is 0 Å². The van der Waals surface area contributed by atoms with Crippen LogP contribution in [-0.2, 0) is 6.54 Å². The van der Waals surface area contributed by atoms with Crippen molar-refractivity contribution in [2.75, 3.05) is 31.9 Å². The number of hydrogen-bond acceptors (Lipinski definition) is 4. The van der Waals surface area contributed by atoms with Gasteiger partial charge in [-0.2, -0.15) is 0 Å². The Morgan fingerprint density at radius 2 is 2.15 bits per heavy atom. The maximum absolute atomic E-state index is 12.3. The van der Waals surface area contributed by atoms with Gasteiger partial charge in [0, 0.05) is 49.5 Å². The highest BCUT2D eigenvalue weighted by Crippen LogP contribution is 2.15. The normalized spacial score (nSPS) is 16.5. The quantitative estimate of drug-likeness (QED) is 0.902. The van der Waals surface area contributed by atoms with Gasteiger partial charge in [-0.25, -0.2) is 0 Å². The second kappa shape index (κ2) is 5.68. The molecule has 0 saturated carbocycles. The molecular weight excluding hydrogens is 272 g/mol. The van der Waals surface area contributed by atoms with E-state index in [1.165, 1.54) is 4.88 Å². The molecule has 0 spiro atoms. The second-order valence-electron chi connectivity index (χ2n) is 4.99. The Bertz CT molecular complexity index is 570. The summed E-state index contributed by atoms with van der Waals surface area (Å²) >= 11 is 1.78. The van der Waals surface area contributed by atoms with Crippen molar-refractivity contribution in [2.24, 2.45) is 0 Å². The number of amides is 1. The Labute approximate surface area is 122 Å². The van der Waals surface area contributed by atoms with Crippen LogP contribution in [-0.4, -0.2) is 46.9 Å². The number of nitrogens with zero attached hydrogens (tertiary/aromatic N) is 2. The van der Waals surface area contributed by atoms with Crippen LogP contribution in [0.3, 0.4) is 0 Å². The molecule has 0 aromatic carbocycles. The van der Waals surface area contributed by atoms with E-state index in [1.807, 2.05) is 4.90 Å². The number of anilines is 1. The Kier molecular flexibility index (Phi) is 3.75. The summed E-state index contributed by atoms with van der Waals surface area (Å²) in [6.45, 7) is 4.35. The van der Waals surface area contributed by atoms with Crippen molar-refractivity contribution in [1.29, 1.82) is 0 Å². The number of aromatic amines is 1. The van der Waals surface area contributed by atoms with Crippen LogP contribution in [0.15, 0.2) is 29.8 Å². The number of nitrogens with two attached hydrogens (primary N) is 1. The molecule has 1 saturated heterocycles. The number of thiophene rings is 1. The third-order valence-corrected chi connectivity index (χ3v) is 4.42. The smallest absolute Gasteiger partial charge is 0.270 e. The fourth-order valence-corrected chi connectivity index (χ4v) is 3.18. The Balaban J connectivity index is 1.54. The van der Waals surface area contributed by atoms with Crippen LogP contribution < -0.4 is 5.73 Å². The van der Waals surface area contributed by atoms with Crippen LogP contribution in [0.2, 0.25) is 0 Å². The molecule has 3 heterocycles. The number of nitrogen functional groups attached to an aromatic ring is 1. The number of piperazine rings is 1. The lowest BCUT2D eigenvalue weighted by Crippen LogP contribution is -2.48. The lowest BCUT2D eigenvalue weighted by Gasteiger charge is -2.34. The molecule has 5 nitrogen and oxygen atoms in total. The molecule has 0 aliphatic carbocycles. The van der Waals surface area contributed by atoms with Gasteiger partial charge in [0.15, 0.2) is 0 Å². The summed E-state index contributed by atoms with van der Waals surface area (Å²) in [6, 6.07) is 5.93. The standard InChI is InChI=1S/C14H18N4OS/c15-11-8-13(16-9-11)14(19)18-5-3-17(4-6-18)10-12-2-1-7-20-12/h1-2,7-9,16H,3-6,10,15H2. The predicted molar refractivity (Wildman–Crippen MR) is 80.7 cm³/mol. The first kappa shape index (κ1) is 13.2. The molecule has 2 aromatic heterocycles. The Hall–Kier alpha value is -1.79. The summed E-state index contributed by atoms with van der Waals surface area (Å²) < 4.78 is 0. The molecule has 3 N–H and O–H groups in total. The average molecular weight is 290 g/mol. The molecule has 0 radical (unpaired) electrons. The second-order valence-corrected chi connectivity index (χ2v) is 6.03. The maximum Gasteiger partial charge on any atom is 0.270 e. The van der Waals surface area contributed by atoms with Gasteiger partial charge in [0.05, 0.1) is 0 Å². The van der Waals surface area contributed by atoms with Crippen LogP contribution in [0.5, 0.6) is 0 Å². The summed E-state index contributed by atoms with van der Waals surface area (Å²) in [5, 5.41) is 2.10. The molecule has 1 fully saturated rings. The SMILES string of the molecule is Nc1c[nH]c(C(=O)N2CCN(Cc3cccs3)CC2)c1. The summed E-state index contributed by atoms with van der Waals surface area (Å²) in [6.07, 6.45) is 1.65. The number of hydrogen-bond donors (Lipinski definition) is 2. The van der Waals surface area contributed by atoms with E-state index in [1.54, 1.807) is 23.6 Å². The van der Waals surface area contributed by atoms with Gasteiger partial charge in [0.1, 0.15) is 5.69 Å². The Morgan fingerprint density at radius 3 is 2.75 bits per heavy atom. The molecule has 20 heavy (non-hydrogen) atoms. The van der Waals surface area contributed by atoms with Crippen molar-refractivity contribution >= 4 is 22.9 Å². The summed E-state index contributed by atoms with van der Waals surface area (Å²) in [7, 11) is 0. The van der Waals surface area contributed by atoms with Crippen LogP contribution >= 0.6 is 11.3 Å². The number of H-pyrrole nitrogens is 1. The number of aromatic nitrogens is 1. The van der Waals surface area contributed by atoms with E-state index < -0.39 is 0 Å². The van der Waals surface area contributed by atoms with Crippen LogP contribution in [0, 0.1) is 0 Å². The monoisotopic (exact) mass is 290 g/mol. The highest BCUT2D eigenvalue weighted by atomic mass is 32.1. The zero-order valence-corrected chi connectivity index (χ0v) is 12.0. The first-order valence-corrected chi connectivity index (χ1v) is 7.58. The third-order valence-electron chi connectivity index (χ3n) is 3.55. The zero-order chi connectivity index (χ0) is 13.9. The van der Waals surface area contributed by atoms with Gasteiger partial charge in [-0.3, -0.25) is 9.69 Å². The van der Waals surface area contributed by atoms with Crippen LogP contribution in [0.1, 0.15) is 15.4 Å². The third kappa shape index (κ3) is 2.86. The van der Waals surface area contributed by atoms with Crippen LogP contribution in [0.25, 0.3) is 0 Å². The number of nitrogens with one attached hydrogen (secondary N) is 1. The summed E-state index contributed by atoms with van der Waals surface area (Å²) in [4.78, 5) is 20.8. The first-order chi connectivity index (χ1) is 9.72. The zero-order valence-electron chi connectivity index (χ0n) is 11.2. The number of rotatable bonds is 3. The molecule has 1 aliphatic rings. The molecule has 0 unspecified atom stereocenters. The van der Waals surface area contributed by atoms with Gasteiger partial charge in [0.25, 0.3) is 5.91 Å². The van der Waals surface area contributed by atoms with Crippen LogP contribution in [0.4, 0.5) is 5.69 Å². The fraction of sp³-hybridized carbons (Fsp3) is 0.357. The lowest BCUT2D eigenvalue weighted by molar-refractivity contribution is 0.0624. The van der Waals surface area contributed by atoms with E-state index >= 15 is 0 Å². The molecule has 6 heteroatoms. The first-order valence-electron chi connectivity index (χ1n) is 6.70. The average Bonchev–Trinajstić information content (AvgIpc) is 3.10. The highest BCUT2D eigenvalue weighted by Gasteiger charge is 2.23. The molecule has 2 aromatic rings. The predicted octanol–water partition coefficient (Wildman–Crippen LogP) is 1.62. The summed E-state index contributed by atoms with van der Waals surface area (Å²) in [5.74, 6) is 0.0393. The van der Waals surface area contributed by atoms with E-state index in [2.05, 4.69) is 27.4 Å². The van der Waals surface area contributed by atoms with Gasteiger partial charge in [-0.15, -0.1) is 11.3 Å². The fourth-order valence-electron chi connectivity index (χ4n) is 2.44. The highest BCUT2D eigenvalue weighted by molar-refractivity contribution is 7.09. The molecule has 106 valence electrons. The van der Waals surface area contributed by atoms with Gasteiger partial charge in [0.2, 0.25) is 0 Å². The van der Waals surface area contributed by atoms with Gasteiger partial charge in [-0.05, 0) is 17.5 Å². The van der Waals surface area contributed by atoms with Crippen molar-refractivity contribution < 1.29 is 4.79 Å². The van der Waals surface area contributed by atoms with Gasteiger partial charge < -0.3 is 15.6 Å². The van der Waals surface area contributed by atoms with Crippen molar-refractivity contribution in [1.82, 2.24) is 14.8 Å². The van der Waals surface area contributed by atoms with E-state index in [0.29, 0.717) is 11.4 Å². The molecule has 0 atom stereocenters. The summed E-state index contributed by atoms with van der Waals surface area (Å²) in [5.41, 5.74) is 6.81. The minimum absolute atomic E-state index is 0.0393.